The summed E-state index contributed by atoms with van der Waals surface area (Å²) in [7, 11) is 0. The van der Waals surface area contributed by atoms with Crippen LogP contribution in [0.25, 0.3) is 0 Å². The molecule has 1 N–H and O–H groups in total. The zero-order chi connectivity index (χ0) is 37.3. The van der Waals surface area contributed by atoms with Crippen molar-refractivity contribution in [3.8, 4) is 0 Å². The maximum atomic E-state index is 12.1. The third-order valence-corrected chi connectivity index (χ3v) is 9.94. The van der Waals surface area contributed by atoms with E-state index in [0.717, 1.165) is 90.6 Å². The molecule has 0 saturated carbocycles. The van der Waals surface area contributed by atoms with Gasteiger partial charge in [-0.05, 0) is 64.5 Å². The first-order valence-corrected chi connectivity index (χ1v) is 22.4. The smallest absolute Gasteiger partial charge is 0.305 e. The minimum absolute atomic E-state index is 0.0259. The number of carbonyl (C=O) groups excluding carboxylic acids is 2. The number of carbonyl (C=O) groups is 2. The second-order valence-corrected chi connectivity index (χ2v) is 15.1. The van der Waals surface area contributed by atoms with E-state index in [1.807, 2.05) is 0 Å². The molecule has 0 aliphatic rings. The van der Waals surface area contributed by atoms with Gasteiger partial charge in [0.25, 0.3) is 0 Å². The summed E-state index contributed by atoms with van der Waals surface area (Å²) in [6, 6.07) is 0. The number of nitrogens with zero attached hydrogens (tertiary/aromatic N) is 1. The number of rotatable bonds is 42. The van der Waals surface area contributed by atoms with Gasteiger partial charge in [-0.2, -0.15) is 0 Å². The number of nitrogens with one attached hydrogen (secondary N) is 1. The summed E-state index contributed by atoms with van der Waals surface area (Å²) in [5, 5.41) is 2.97. The van der Waals surface area contributed by atoms with Gasteiger partial charge in [-0.1, -0.05) is 156 Å². The van der Waals surface area contributed by atoms with Crippen LogP contribution in [0.1, 0.15) is 220 Å². The normalized spacial score (nSPS) is 11.6. The van der Waals surface area contributed by atoms with Crippen molar-refractivity contribution in [1.82, 2.24) is 10.2 Å². The quantitative estimate of drug-likeness (QED) is 0.0384. The van der Waals surface area contributed by atoms with Gasteiger partial charge in [-0.15, -0.1) is 0 Å². The fourth-order valence-corrected chi connectivity index (χ4v) is 6.59. The van der Waals surface area contributed by atoms with Crippen molar-refractivity contribution in [2.75, 3.05) is 46.0 Å². The molecule has 0 radical (unpaired) electrons. The highest BCUT2D eigenvalue weighted by molar-refractivity contribution is 5.72. The molecule has 51 heavy (non-hydrogen) atoms. The third kappa shape index (κ3) is 39.9. The number of ether oxygens (including phenoxy) is 3. The van der Waals surface area contributed by atoms with Crippen LogP contribution in [0.3, 0.4) is 0 Å². The summed E-state index contributed by atoms with van der Waals surface area (Å²) in [5.74, 6) is 0.0184. The molecule has 0 unspecified atom stereocenters. The van der Waals surface area contributed by atoms with Gasteiger partial charge in [0.2, 0.25) is 5.91 Å². The second kappa shape index (κ2) is 41.6. The first-order chi connectivity index (χ1) is 25.0. The van der Waals surface area contributed by atoms with E-state index >= 15 is 0 Å². The predicted molar refractivity (Wildman–Crippen MR) is 217 cm³/mol. The van der Waals surface area contributed by atoms with Crippen molar-refractivity contribution in [2.24, 2.45) is 0 Å². The van der Waals surface area contributed by atoms with Crippen LogP contribution in [0.15, 0.2) is 0 Å². The van der Waals surface area contributed by atoms with Gasteiger partial charge in [0.05, 0.1) is 6.61 Å². The van der Waals surface area contributed by atoms with Crippen LogP contribution >= 0.6 is 0 Å². The molecule has 0 aromatic carbocycles. The molecule has 0 aromatic rings. The van der Waals surface area contributed by atoms with Crippen LogP contribution in [0.5, 0.6) is 0 Å². The summed E-state index contributed by atoms with van der Waals surface area (Å²) >= 11 is 0. The molecule has 0 aliphatic carbocycles. The van der Waals surface area contributed by atoms with Crippen molar-refractivity contribution < 1.29 is 23.8 Å². The molecular weight excluding hydrogens is 636 g/mol. The number of esters is 1. The summed E-state index contributed by atoms with van der Waals surface area (Å²) in [6.07, 6.45) is 35.9. The van der Waals surface area contributed by atoms with Gasteiger partial charge in [-0.3, -0.25) is 9.59 Å². The molecule has 0 aliphatic heterocycles. The molecule has 0 bridgehead atoms. The second-order valence-electron chi connectivity index (χ2n) is 15.1. The van der Waals surface area contributed by atoms with Crippen molar-refractivity contribution in [2.45, 2.75) is 227 Å². The minimum atomic E-state index is -0.0500. The average molecular weight is 725 g/mol. The Morgan fingerprint density at radius 2 is 0.902 bits per heavy atom. The van der Waals surface area contributed by atoms with E-state index in [1.165, 1.54) is 128 Å². The van der Waals surface area contributed by atoms with E-state index in [0.29, 0.717) is 19.6 Å². The van der Waals surface area contributed by atoms with Gasteiger partial charge in [0.15, 0.2) is 6.29 Å². The SMILES string of the molecule is CCCCCCCCCOC(=O)CCCCCCCN(CCCCCCC(OCCCCCCCC)OCCCCCCCC)CCNC(C)=O. The summed E-state index contributed by atoms with van der Waals surface area (Å²) in [5.41, 5.74) is 0. The average Bonchev–Trinajstić information content (AvgIpc) is 3.12. The van der Waals surface area contributed by atoms with E-state index in [2.05, 4.69) is 31.0 Å². The Morgan fingerprint density at radius 1 is 0.490 bits per heavy atom. The Balaban J connectivity index is 4.22. The molecule has 1 amide bonds. The zero-order valence-corrected chi connectivity index (χ0v) is 34.7. The highest BCUT2D eigenvalue weighted by Gasteiger charge is 2.11. The van der Waals surface area contributed by atoms with Crippen molar-refractivity contribution in [1.29, 1.82) is 0 Å². The Labute approximate surface area is 317 Å². The lowest BCUT2D eigenvalue weighted by Crippen LogP contribution is -2.35. The van der Waals surface area contributed by atoms with E-state index < -0.39 is 0 Å². The van der Waals surface area contributed by atoms with Crippen LogP contribution in [0.2, 0.25) is 0 Å². The van der Waals surface area contributed by atoms with E-state index in [9.17, 15) is 9.59 Å². The van der Waals surface area contributed by atoms with Crippen molar-refractivity contribution >= 4 is 11.9 Å². The lowest BCUT2D eigenvalue weighted by molar-refractivity contribution is -0.148. The van der Waals surface area contributed by atoms with E-state index in [4.69, 9.17) is 14.2 Å². The predicted octanol–water partition coefficient (Wildman–Crippen LogP) is 12.1. The Morgan fingerprint density at radius 3 is 1.39 bits per heavy atom. The third-order valence-electron chi connectivity index (χ3n) is 9.94. The number of hydrogen-bond donors (Lipinski definition) is 1. The first-order valence-electron chi connectivity index (χ1n) is 22.4. The fourth-order valence-electron chi connectivity index (χ4n) is 6.59. The number of hydrogen-bond acceptors (Lipinski definition) is 6. The monoisotopic (exact) mass is 725 g/mol. The topological polar surface area (TPSA) is 77.1 Å². The lowest BCUT2D eigenvalue weighted by Gasteiger charge is -2.22. The van der Waals surface area contributed by atoms with E-state index in [1.54, 1.807) is 6.92 Å². The highest BCUT2D eigenvalue weighted by Crippen LogP contribution is 2.15. The molecule has 7 nitrogen and oxygen atoms in total. The van der Waals surface area contributed by atoms with Gasteiger partial charge in [-0.25, -0.2) is 0 Å². The minimum Gasteiger partial charge on any atom is -0.466 e. The number of unbranched alkanes of at least 4 members (excludes halogenated alkanes) is 23. The molecule has 0 saturated heterocycles. The van der Waals surface area contributed by atoms with E-state index in [-0.39, 0.29) is 18.2 Å². The Kier molecular flexibility index (Phi) is 40.6. The molecule has 304 valence electrons. The summed E-state index contributed by atoms with van der Waals surface area (Å²) < 4.78 is 17.9. The Hall–Kier alpha value is -1.18. The van der Waals surface area contributed by atoms with Gasteiger partial charge >= 0.3 is 5.97 Å². The summed E-state index contributed by atoms with van der Waals surface area (Å²) in [6.45, 7) is 14.4. The Bertz CT molecular complexity index is 704. The fraction of sp³-hybridized carbons (Fsp3) is 0.955. The van der Waals surface area contributed by atoms with Gasteiger partial charge in [0, 0.05) is 39.6 Å². The maximum absolute atomic E-state index is 12.1. The van der Waals surface area contributed by atoms with Crippen molar-refractivity contribution in [3.05, 3.63) is 0 Å². The largest absolute Gasteiger partial charge is 0.466 e. The van der Waals surface area contributed by atoms with Crippen LogP contribution in [0.4, 0.5) is 0 Å². The molecule has 0 rings (SSSR count). The van der Waals surface area contributed by atoms with Gasteiger partial charge < -0.3 is 24.4 Å². The zero-order valence-electron chi connectivity index (χ0n) is 34.7. The van der Waals surface area contributed by atoms with Crippen LogP contribution in [-0.4, -0.2) is 69.1 Å². The highest BCUT2D eigenvalue weighted by atomic mass is 16.7. The molecule has 0 atom stereocenters. The molecule has 0 fully saturated rings. The molecule has 0 aromatic heterocycles. The lowest BCUT2D eigenvalue weighted by atomic mass is 10.1. The van der Waals surface area contributed by atoms with Crippen molar-refractivity contribution in [3.63, 3.8) is 0 Å². The van der Waals surface area contributed by atoms with Crippen LogP contribution in [-0.2, 0) is 23.8 Å². The number of amides is 1. The van der Waals surface area contributed by atoms with Crippen LogP contribution < -0.4 is 5.32 Å². The summed E-state index contributed by atoms with van der Waals surface area (Å²) in [4.78, 5) is 26.0. The molecule has 7 heteroatoms. The maximum Gasteiger partial charge on any atom is 0.305 e. The molecular formula is C44H88N2O5. The first kappa shape index (κ1) is 49.8. The van der Waals surface area contributed by atoms with Gasteiger partial charge in [0.1, 0.15) is 0 Å². The molecule has 0 heterocycles. The van der Waals surface area contributed by atoms with Crippen LogP contribution in [0, 0.1) is 0 Å². The standard InChI is InChI=1S/C44H88N2O5/c1-5-8-11-14-17-25-30-39-49-43(48)33-26-19-18-21-28-36-46(38-35-45-42(4)47)37-29-22-20-27-34-44(50-40-31-23-15-12-9-6-2)51-41-32-24-16-13-10-7-3/h44H,5-41H2,1-4H3,(H,45,47). The molecule has 0 spiro atoms.